The van der Waals surface area contributed by atoms with Crippen LogP contribution in [0.2, 0.25) is 18.1 Å². The van der Waals surface area contributed by atoms with E-state index in [2.05, 4.69) is 61.4 Å². The van der Waals surface area contributed by atoms with Crippen LogP contribution in [-0.4, -0.2) is 26.4 Å². The molecule has 0 aliphatic rings. The summed E-state index contributed by atoms with van der Waals surface area (Å²) in [6.07, 6.45) is 1.61. The molecule has 0 saturated heterocycles. The average Bonchev–Trinajstić information content (AvgIpc) is 2.35. The monoisotopic (exact) mass is 407 g/mol. The molecule has 4 nitrogen and oxygen atoms in total. The number of esters is 1. The molecule has 1 aromatic heterocycles. The number of nitrogens with zero attached hydrogens (tertiary/aromatic N) is 1. The summed E-state index contributed by atoms with van der Waals surface area (Å²) in [6.45, 7) is 10.9. The number of aromatic nitrogens is 1. The number of hydrogen-bond acceptors (Lipinski definition) is 4. The lowest BCUT2D eigenvalue weighted by Gasteiger charge is -2.36. The number of ether oxygens (including phenoxy) is 1. The zero-order valence-electron chi connectivity index (χ0n) is 12.9. The minimum atomic E-state index is -1.89. The van der Waals surface area contributed by atoms with Gasteiger partial charge >= 0.3 is 5.97 Å². The number of pyridine rings is 1. The number of carbonyl (C=O) groups excluding carboxylic acids is 1. The number of halogens is 1. The Bertz CT molecular complexity index is 498. The molecule has 0 aromatic carbocycles. The lowest BCUT2D eigenvalue weighted by atomic mass is 10.2. The zero-order valence-corrected chi connectivity index (χ0v) is 16.1. The summed E-state index contributed by atoms with van der Waals surface area (Å²) in [7, 11) is -0.531. The highest BCUT2D eigenvalue weighted by molar-refractivity contribution is 14.1. The van der Waals surface area contributed by atoms with Crippen molar-refractivity contribution < 1.29 is 14.0 Å². The van der Waals surface area contributed by atoms with Gasteiger partial charge in [-0.15, -0.1) is 0 Å². The van der Waals surface area contributed by atoms with Crippen molar-refractivity contribution in [1.29, 1.82) is 0 Å². The SMILES string of the molecule is COC(=O)c1ncc(O[Si](C)(C)C(C)(C)C)cc1CI. The first-order chi connectivity index (χ1) is 9.12. The molecule has 0 bridgehead atoms. The van der Waals surface area contributed by atoms with Gasteiger partial charge in [0, 0.05) is 4.43 Å². The Hall–Kier alpha value is -0.633. The summed E-state index contributed by atoms with van der Waals surface area (Å²) in [5.74, 6) is 0.325. The number of hydrogen-bond donors (Lipinski definition) is 0. The Labute approximate surface area is 135 Å². The van der Waals surface area contributed by atoms with Gasteiger partial charge in [-0.1, -0.05) is 43.4 Å². The van der Waals surface area contributed by atoms with Crippen molar-refractivity contribution in [1.82, 2.24) is 4.98 Å². The van der Waals surface area contributed by atoms with Gasteiger partial charge in [0.15, 0.2) is 5.69 Å². The highest BCUT2D eigenvalue weighted by Crippen LogP contribution is 2.37. The molecule has 0 amide bonds. The van der Waals surface area contributed by atoms with Crippen LogP contribution in [0.15, 0.2) is 12.3 Å². The van der Waals surface area contributed by atoms with E-state index in [-0.39, 0.29) is 5.04 Å². The largest absolute Gasteiger partial charge is 0.542 e. The van der Waals surface area contributed by atoms with Gasteiger partial charge in [0.1, 0.15) is 5.75 Å². The Morgan fingerprint density at radius 1 is 1.40 bits per heavy atom. The molecular weight excluding hydrogens is 385 g/mol. The van der Waals surface area contributed by atoms with Crippen LogP contribution in [0.1, 0.15) is 36.8 Å². The van der Waals surface area contributed by atoms with Gasteiger partial charge in [-0.3, -0.25) is 0 Å². The summed E-state index contributed by atoms with van der Waals surface area (Å²) < 4.78 is 11.6. The summed E-state index contributed by atoms with van der Waals surface area (Å²) in [5, 5.41) is 0.124. The van der Waals surface area contributed by atoms with E-state index in [0.29, 0.717) is 10.1 Å². The minimum absolute atomic E-state index is 0.124. The molecule has 1 heterocycles. The second-order valence-electron chi connectivity index (χ2n) is 6.17. The summed E-state index contributed by atoms with van der Waals surface area (Å²) in [6, 6.07) is 1.90. The third kappa shape index (κ3) is 3.94. The second-order valence-corrected chi connectivity index (χ2v) is 11.7. The van der Waals surface area contributed by atoms with Crippen LogP contribution in [0.25, 0.3) is 0 Å². The molecule has 1 aromatic rings. The van der Waals surface area contributed by atoms with Crippen molar-refractivity contribution in [2.75, 3.05) is 7.11 Å². The highest BCUT2D eigenvalue weighted by Gasteiger charge is 2.39. The third-order valence-electron chi connectivity index (χ3n) is 3.64. The predicted octanol–water partition coefficient (Wildman–Crippen LogP) is 4.19. The topological polar surface area (TPSA) is 48.4 Å². The molecule has 20 heavy (non-hydrogen) atoms. The Morgan fingerprint density at radius 3 is 2.45 bits per heavy atom. The fourth-order valence-electron chi connectivity index (χ4n) is 1.37. The number of rotatable bonds is 4. The molecule has 0 aliphatic heterocycles. The van der Waals surface area contributed by atoms with E-state index in [1.807, 2.05) is 6.07 Å². The molecule has 0 unspecified atom stereocenters. The Kier molecular flexibility index (Phi) is 5.59. The lowest BCUT2D eigenvalue weighted by molar-refractivity contribution is 0.0593. The van der Waals surface area contributed by atoms with E-state index in [4.69, 9.17) is 9.16 Å². The summed E-state index contributed by atoms with van der Waals surface area (Å²) in [5.41, 5.74) is 1.21. The molecule has 1 rings (SSSR count). The molecule has 0 fully saturated rings. The molecule has 0 N–H and O–H groups in total. The number of methoxy groups -OCH3 is 1. The molecule has 6 heteroatoms. The van der Waals surface area contributed by atoms with Gasteiger partial charge in [-0.05, 0) is 29.8 Å². The Morgan fingerprint density at radius 2 is 2.00 bits per heavy atom. The van der Waals surface area contributed by atoms with Crippen molar-refractivity contribution >= 4 is 36.9 Å². The Balaban J connectivity index is 3.09. The lowest BCUT2D eigenvalue weighted by Crippen LogP contribution is -2.43. The predicted molar refractivity (Wildman–Crippen MR) is 91.1 cm³/mol. The van der Waals surface area contributed by atoms with Crippen molar-refractivity contribution in [2.24, 2.45) is 0 Å². The molecule has 112 valence electrons. The van der Waals surface area contributed by atoms with Crippen LogP contribution >= 0.6 is 22.6 Å². The van der Waals surface area contributed by atoms with Gasteiger partial charge in [0.25, 0.3) is 8.32 Å². The molecule has 0 atom stereocenters. The zero-order chi connectivity index (χ0) is 15.6. The number of alkyl halides is 1. The smallest absolute Gasteiger partial charge is 0.356 e. The van der Waals surface area contributed by atoms with Crippen molar-refractivity contribution in [3.63, 3.8) is 0 Å². The molecular formula is C14H22INO3Si. The van der Waals surface area contributed by atoms with Gasteiger partial charge in [-0.2, -0.15) is 0 Å². The van der Waals surface area contributed by atoms with Crippen molar-refractivity contribution in [3.05, 3.63) is 23.5 Å². The van der Waals surface area contributed by atoms with E-state index >= 15 is 0 Å². The fraction of sp³-hybridized carbons (Fsp3) is 0.571. The first-order valence-corrected chi connectivity index (χ1v) is 10.9. The van der Waals surface area contributed by atoms with Crippen LogP contribution in [0, 0.1) is 0 Å². The first-order valence-electron chi connectivity index (χ1n) is 6.44. The highest BCUT2D eigenvalue weighted by atomic mass is 127. The normalized spacial score (nSPS) is 12.2. The maximum atomic E-state index is 11.6. The van der Waals surface area contributed by atoms with E-state index in [9.17, 15) is 4.79 Å². The molecule has 0 saturated carbocycles. The molecule has 0 aliphatic carbocycles. The van der Waals surface area contributed by atoms with Crippen LogP contribution in [-0.2, 0) is 9.16 Å². The fourth-order valence-corrected chi connectivity index (χ4v) is 2.96. The van der Waals surface area contributed by atoms with E-state index in [0.717, 1.165) is 11.3 Å². The third-order valence-corrected chi connectivity index (χ3v) is 8.82. The van der Waals surface area contributed by atoms with Crippen LogP contribution in [0.5, 0.6) is 5.75 Å². The van der Waals surface area contributed by atoms with Gasteiger partial charge < -0.3 is 9.16 Å². The van der Waals surface area contributed by atoms with E-state index < -0.39 is 14.3 Å². The maximum absolute atomic E-state index is 11.6. The first kappa shape index (κ1) is 17.4. The van der Waals surface area contributed by atoms with Crippen LogP contribution in [0.3, 0.4) is 0 Å². The van der Waals surface area contributed by atoms with Crippen LogP contribution in [0.4, 0.5) is 0 Å². The second kappa shape index (κ2) is 6.42. The van der Waals surface area contributed by atoms with Crippen LogP contribution < -0.4 is 4.43 Å². The van der Waals surface area contributed by atoms with Gasteiger partial charge in [0.2, 0.25) is 0 Å². The summed E-state index contributed by atoms with van der Waals surface area (Å²) in [4.78, 5) is 15.8. The summed E-state index contributed by atoms with van der Waals surface area (Å²) >= 11 is 2.21. The van der Waals surface area contributed by atoms with Crippen molar-refractivity contribution in [3.8, 4) is 5.75 Å². The average molecular weight is 407 g/mol. The van der Waals surface area contributed by atoms with E-state index in [1.54, 1.807) is 6.20 Å². The standard InChI is InChI=1S/C14H22INO3Si/c1-14(2,3)20(5,6)19-11-7-10(8-15)12(16-9-11)13(17)18-4/h7,9H,8H2,1-6H3. The molecule has 0 radical (unpaired) electrons. The van der Waals surface area contributed by atoms with Gasteiger partial charge in [0.05, 0.1) is 13.3 Å². The minimum Gasteiger partial charge on any atom is -0.542 e. The van der Waals surface area contributed by atoms with Crippen molar-refractivity contribution in [2.45, 2.75) is 43.3 Å². The van der Waals surface area contributed by atoms with Gasteiger partial charge in [-0.25, -0.2) is 9.78 Å². The van der Waals surface area contributed by atoms with E-state index in [1.165, 1.54) is 7.11 Å². The quantitative estimate of drug-likeness (QED) is 0.325. The molecule has 0 spiro atoms. The maximum Gasteiger partial charge on any atom is 0.356 e. The number of carbonyl (C=O) groups is 1.